The second-order valence-corrected chi connectivity index (χ2v) is 5.19. The molecule has 0 amide bonds. The zero-order valence-electron chi connectivity index (χ0n) is 10.1. The maximum absolute atomic E-state index is 5.88. The average molecular weight is 299 g/mol. The van der Waals surface area contributed by atoms with Gasteiger partial charge in [0, 0.05) is 10.9 Å². The van der Waals surface area contributed by atoms with Gasteiger partial charge in [-0.2, -0.15) is 4.98 Å². The van der Waals surface area contributed by atoms with Gasteiger partial charge >= 0.3 is 0 Å². The lowest BCUT2D eigenvalue weighted by Crippen LogP contribution is -2.00. The minimum absolute atomic E-state index is 0.0558. The Morgan fingerprint density at radius 1 is 1.26 bits per heavy atom. The zero-order chi connectivity index (χ0) is 13.2. The molecule has 1 aromatic heterocycles. The van der Waals surface area contributed by atoms with Gasteiger partial charge < -0.3 is 9.26 Å². The van der Waals surface area contributed by atoms with E-state index in [-0.39, 0.29) is 17.9 Å². The highest BCUT2D eigenvalue weighted by Gasteiger charge is 2.31. The summed E-state index contributed by atoms with van der Waals surface area (Å²) in [4.78, 5) is 4.24. The summed E-state index contributed by atoms with van der Waals surface area (Å²) in [6.07, 6.45) is 0.892. The lowest BCUT2D eigenvalue weighted by molar-refractivity contribution is 0.110. The van der Waals surface area contributed by atoms with Crippen molar-refractivity contribution in [3.63, 3.8) is 0 Å². The van der Waals surface area contributed by atoms with Crippen molar-refractivity contribution in [3.05, 3.63) is 46.6 Å². The molecule has 0 spiro atoms. The molecule has 1 unspecified atom stereocenters. The Hall–Kier alpha value is -1.10. The normalized spacial score (nSPS) is 22.8. The highest BCUT2D eigenvalue weighted by Crippen LogP contribution is 2.37. The predicted octanol–water partition coefficient (Wildman–Crippen LogP) is 3.71. The molecule has 0 N–H and O–H groups in total. The van der Waals surface area contributed by atoms with Crippen LogP contribution in [-0.2, 0) is 10.6 Å². The van der Waals surface area contributed by atoms with E-state index in [1.807, 2.05) is 24.3 Å². The molecule has 0 bridgehead atoms. The van der Waals surface area contributed by atoms with Crippen LogP contribution in [0, 0.1) is 0 Å². The first-order valence-electron chi connectivity index (χ1n) is 6.02. The fourth-order valence-corrected chi connectivity index (χ4v) is 2.44. The number of hydrogen-bond donors (Lipinski definition) is 0. The van der Waals surface area contributed by atoms with Crippen LogP contribution in [0.15, 0.2) is 28.8 Å². The summed E-state index contributed by atoms with van der Waals surface area (Å²) in [6.45, 7) is 0.592. The van der Waals surface area contributed by atoms with E-state index in [1.54, 1.807) is 0 Å². The molecular weight excluding hydrogens is 287 g/mol. The van der Waals surface area contributed by atoms with Crippen LogP contribution < -0.4 is 0 Å². The van der Waals surface area contributed by atoms with Crippen LogP contribution >= 0.6 is 23.2 Å². The number of benzene rings is 1. The highest BCUT2D eigenvalue weighted by atomic mass is 35.5. The third-order valence-corrected chi connectivity index (χ3v) is 3.68. The van der Waals surface area contributed by atoms with Crippen molar-refractivity contribution in [1.82, 2.24) is 10.1 Å². The molecule has 1 saturated heterocycles. The smallest absolute Gasteiger partial charge is 0.241 e. The fraction of sp³-hybridized carbons (Fsp3) is 0.385. The van der Waals surface area contributed by atoms with Crippen LogP contribution in [0.2, 0.25) is 5.02 Å². The Labute approximate surface area is 120 Å². The first-order valence-corrected chi connectivity index (χ1v) is 6.93. The Kier molecular flexibility index (Phi) is 3.73. The second-order valence-electron chi connectivity index (χ2n) is 4.49. The molecule has 3 rings (SSSR count). The molecule has 1 fully saturated rings. The molecule has 0 saturated carbocycles. The summed E-state index contributed by atoms with van der Waals surface area (Å²) in [5.41, 5.74) is 1.12. The van der Waals surface area contributed by atoms with Crippen LogP contribution in [-0.4, -0.2) is 16.7 Å². The lowest BCUT2D eigenvalue weighted by atomic mass is 10.0. The van der Waals surface area contributed by atoms with Crippen molar-refractivity contribution in [2.75, 3.05) is 6.61 Å². The van der Waals surface area contributed by atoms with Crippen molar-refractivity contribution in [2.24, 2.45) is 0 Å². The molecule has 1 aliphatic heterocycles. The Morgan fingerprint density at radius 2 is 2.05 bits per heavy atom. The Morgan fingerprint density at radius 3 is 2.74 bits per heavy atom. The summed E-state index contributed by atoms with van der Waals surface area (Å²) in [6, 6.07) is 7.70. The third-order valence-electron chi connectivity index (χ3n) is 3.20. The van der Waals surface area contributed by atoms with Crippen molar-refractivity contribution < 1.29 is 9.26 Å². The van der Waals surface area contributed by atoms with E-state index in [9.17, 15) is 0 Å². The van der Waals surface area contributed by atoms with Crippen LogP contribution in [0.3, 0.4) is 0 Å². The summed E-state index contributed by atoms with van der Waals surface area (Å²) < 4.78 is 10.8. The largest absolute Gasteiger partial charge is 0.373 e. The van der Waals surface area contributed by atoms with E-state index in [1.165, 1.54) is 0 Å². The SMILES string of the molecule is ClCc1nc(C2CO[C@@H](c3ccc(Cl)cc3)C2)no1. The van der Waals surface area contributed by atoms with Gasteiger partial charge in [-0.25, -0.2) is 0 Å². The van der Waals surface area contributed by atoms with E-state index in [0.29, 0.717) is 18.3 Å². The molecule has 1 aliphatic rings. The number of halogens is 2. The van der Waals surface area contributed by atoms with Crippen molar-refractivity contribution in [3.8, 4) is 0 Å². The van der Waals surface area contributed by atoms with Crippen LogP contribution in [0.1, 0.15) is 35.7 Å². The van der Waals surface area contributed by atoms with Gasteiger partial charge in [0.15, 0.2) is 5.82 Å². The van der Waals surface area contributed by atoms with E-state index in [4.69, 9.17) is 32.5 Å². The third kappa shape index (κ3) is 2.76. The van der Waals surface area contributed by atoms with Gasteiger partial charge in [-0.3, -0.25) is 0 Å². The summed E-state index contributed by atoms with van der Waals surface area (Å²) in [7, 11) is 0. The molecular formula is C13H12Cl2N2O2. The molecule has 6 heteroatoms. The van der Waals surface area contributed by atoms with Crippen LogP contribution in [0.5, 0.6) is 0 Å². The minimum Gasteiger partial charge on any atom is -0.373 e. The van der Waals surface area contributed by atoms with Crippen molar-refractivity contribution in [2.45, 2.75) is 24.3 Å². The highest BCUT2D eigenvalue weighted by molar-refractivity contribution is 6.30. The topological polar surface area (TPSA) is 48.2 Å². The van der Waals surface area contributed by atoms with E-state index >= 15 is 0 Å². The molecule has 0 radical (unpaired) electrons. The minimum atomic E-state index is 0.0558. The number of hydrogen-bond acceptors (Lipinski definition) is 4. The second kappa shape index (κ2) is 5.49. The van der Waals surface area contributed by atoms with E-state index in [0.717, 1.165) is 17.0 Å². The van der Waals surface area contributed by atoms with Gasteiger partial charge in [0.05, 0.1) is 12.7 Å². The predicted molar refractivity (Wildman–Crippen MR) is 71.4 cm³/mol. The van der Waals surface area contributed by atoms with E-state index in [2.05, 4.69) is 10.1 Å². The maximum atomic E-state index is 5.88. The first kappa shape index (κ1) is 12.9. The van der Waals surface area contributed by atoms with Gasteiger partial charge in [0.25, 0.3) is 0 Å². The number of rotatable bonds is 3. The lowest BCUT2D eigenvalue weighted by Gasteiger charge is -2.09. The van der Waals surface area contributed by atoms with Gasteiger partial charge in [-0.05, 0) is 24.1 Å². The molecule has 2 aromatic rings. The molecule has 19 heavy (non-hydrogen) atoms. The average Bonchev–Trinajstić information content (AvgIpc) is 3.08. The summed E-state index contributed by atoms with van der Waals surface area (Å²) in [5.74, 6) is 1.52. The number of ether oxygens (including phenoxy) is 1. The number of aromatic nitrogens is 2. The summed E-state index contributed by atoms with van der Waals surface area (Å²) in [5, 5.41) is 4.66. The van der Waals surface area contributed by atoms with E-state index < -0.39 is 0 Å². The Balaban J connectivity index is 1.71. The molecule has 1 aromatic carbocycles. The van der Waals surface area contributed by atoms with Crippen LogP contribution in [0.4, 0.5) is 0 Å². The zero-order valence-corrected chi connectivity index (χ0v) is 11.6. The quantitative estimate of drug-likeness (QED) is 0.811. The van der Waals surface area contributed by atoms with Gasteiger partial charge in [0.2, 0.25) is 5.89 Å². The van der Waals surface area contributed by atoms with Gasteiger partial charge in [0.1, 0.15) is 5.88 Å². The molecule has 2 atom stereocenters. The molecule has 2 heterocycles. The monoisotopic (exact) mass is 298 g/mol. The number of alkyl halides is 1. The van der Waals surface area contributed by atoms with Gasteiger partial charge in [-0.1, -0.05) is 28.9 Å². The number of nitrogens with zero attached hydrogens (tertiary/aromatic N) is 2. The van der Waals surface area contributed by atoms with Gasteiger partial charge in [-0.15, -0.1) is 11.6 Å². The standard InChI is InChI=1S/C13H12Cl2N2O2/c14-6-12-16-13(17-19-12)9-5-11(18-7-9)8-1-3-10(15)4-2-8/h1-4,9,11H,5-7H2/t9?,11-/m1/s1. The Bertz CT molecular complexity index is 556. The maximum Gasteiger partial charge on any atom is 0.241 e. The van der Waals surface area contributed by atoms with Crippen LogP contribution in [0.25, 0.3) is 0 Å². The molecule has 4 nitrogen and oxygen atoms in total. The molecule has 0 aliphatic carbocycles. The van der Waals surface area contributed by atoms with Crippen molar-refractivity contribution in [1.29, 1.82) is 0 Å². The molecule has 100 valence electrons. The summed E-state index contributed by atoms with van der Waals surface area (Å²) >= 11 is 11.5. The first-order chi connectivity index (χ1) is 9.26. The fourth-order valence-electron chi connectivity index (χ4n) is 2.20. The van der Waals surface area contributed by atoms with Crippen molar-refractivity contribution >= 4 is 23.2 Å².